The van der Waals surface area contributed by atoms with Crippen LogP contribution in [0.15, 0.2) is 24.3 Å². The lowest BCUT2D eigenvalue weighted by Gasteiger charge is -2.11. The van der Waals surface area contributed by atoms with Gasteiger partial charge in [0.05, 0.1) is 17.5 Å². The third-order valence-corrected chi connectivity index (χ3v) is 2.84. The number of nitrogens with one attached hydrogen (secondary N) is 1. The van der Waals surface area contributed by atoms with Crippen molar-refractivity contribution in [2.24, 2.45) is 5.92 Å². The fraction of sp³-hybridized carbons (Fsp3) is 0.467. The highest BCUT2D eigenvalue weighted by Crippen LogP contribution is 2.24. The summed E-state index contributed by atoms with van der Waals surface area (Å²) in [6.07, 6.45) is 1.02. The predicted octanol–water partition coefficient (Wildman–Crippen LogP) is 3.49. The molecule has 0 saturated heterocycles. The Morgan fingerprint density at radius 1 is 1.21 bits per heavy atom. The van der Waals surface area contributed by atoms with Crippen LogP contribution in [-0.2, 0) is 0 Å². The number of para-hydroxylation sites is 1. The maximum atomic E-state index is 5.83. The Balaban J connectivity index is 2.28. The summed E-state index contributed by atoms with van der Waals surface area (Å²) in [6, 6.07) is 7.93. The summed E-state index contributed by atoms with van der Waals surface area (Å²) >= 11 is 0. The lowest BCUT2D eigenvalue weighted by Crippen LogP contribution is -2.07. The smallest absolute Gasteiger partial charge is 0.226 e. The molecule has 1 N–H and O–H groups in total. The Kier molecular flexibility index (Phi) is 4.55. The molecule has 1 heterocycles. The quantitative estimate of drug-likeness (QED) is 0.862. The van der Waals surface area contributed by atoms with E-state index in [0.29, 0.717) is 24.4 Å². The maximum absolute atomic E-state index is 5.83. The largest absolute Gasteiger partial charge is 0.477 e. The fourth-order valence-corrected chi connectivity index (χ4v) is 1.79. The molecule has 4 heteroatoms. The van der Waals surface area contributed by atoms with Gasteiger partial charge in [-0.2, -0.15) is 4.98 Å². The van der Waals surface area contributed by atoms with Gasteiger partial charge in [0.25, 0.3) is 0 Å². The van der Waals surface area contributed by atoms with Crippen LogP contribution in [0.25, 0.3) is 10.9 Å². The van der Waals surface area contributed by atoms with E-state index in [9.17, 15) is 0 Å². The van der Waals surface area contributed by atoms with Crippen LogP contribution < -0.4 is 10.1 Å². The van der Waals surface area contributed by atoms with Crippen LogP contribution in [0.2, 0.25) is 0 Å². The number of fused-ring (bicyclic) bond motifs is 1. The number of nitrogens with zero attached hydrogens (tertiary/aromatic N) is 2. The Morgan fingerprint density at radius 2 is 2.00 bits per heavy atom. The minimum Gasteiger partial charge on any atom is -0.477 e. The summed E-state index contributed by atoms with van der Waals surface area (Å²) in [5.74, 6) is 1.92. The third kappa shape index (κ3) is 3.56. The molecule has 2 aromatic rings. The van der Waals surface area contributed by atoms with Crippen molar-refractivity contribution in [3.05, 3.63) is 24.3 Å². The summed E-state index contributed by atoms with van der Waals surface area (Å²) in [6.45, 7) is 7.88. The zero-order valence-corrected chi connectivity index (χ0v) is 11.8. The normalized spacial score (nSPS) is 10.9. The van der Waals surface area contributed by atoms with Crippen LogP contribution in [0.3, 0.4) is 0 Å². The van der Waals surface area contributed by atoms with Gasteiger partial charge in [0, 0.05) is 6.54 Å². The molecule has 2 rings (SSSR count). The number of ether oxygens (including phenoxy) is 1. The van der Waals surface area contributed by atoms with Gasteiger partial charge >= 0.3 is 0 Å². The SMILES string of the molecule is CCNc1nc(OCCC(C)C)c2ccccc2n1. The van der Waals surface area contributed by atoms with E-state index in [4.69, 9.17) is 4.74 Å². The molecule has 4 nitrogen and oxygen atoms in total. The second kappa shape index (κ2) is 6.36. The monoisotopic (exact) mass is 259 g/mol. The van der Waals surface area contributed by atoms with Gasteiger partial charge in [0.1, 0.15) is 0 Å². The van der Waals surface area contributed by atoms with Crippen molar-refractivity contribution in [2.45, 2.75) is 27.2 Å². The molecular weight excluding hydrogens is 238 g/mol. The number of aromatic nitrogens is 2. The van der Waals surface area contributed by atoms with E-state index >= 15 is 0 Å². The first-order valence-electron chi connectivity index (χ1n) is 6.84. The second-order valence-corrected chi connectivity index (χ2v) is 4.93. The van der Waals surface area contributed by atoms with E-state index in [1.54, 1.807) is 0 Å². The van der Waals surface area contributed by atoms with E-state index in [-0.39, 0.29) is 0 Å². The molecular formula is C15H21N3O. The fourth-order valence-electron chi connectivity index (χ4n) is 1.79. The molecule has 0 unspecified atom stereocenters. The van der Waals surface area contributed by atoms with Gasteiger partial charge in [-0.05, 0) is 31.4 Å². The first-order valence-corrected chi connectivity index (χ1v) is 6.84. The first kappa shape index (κ1) is 13.6. The van der Waals surface area contributed by atoms with Crippen LogP contribution in [0.5, 0.6) is 5.88 Å². The van der Waals surface area contributed by atoms with Crippen LogP contribution in [0, 0.1) is 5.92 Å². The topological polar surface area (TPSA) is 47.0 Å². The molecule has 0 amide bonds. The van der Waals surface area contributed by atoms with Crippen LogP contribution >= 0.6 is 0 Å². The number of rotatable bonds is 6. The van der Waals surface area contributed by atoms with E-state index in [0.717, 1.165) is 23.9 Å². The van der Waals surface area contributed by atoms with Gasteiger partial charge in [-0.15, -0.1) is 0 Å². The van der Waals surface area contributed by atoms with E-state index in [1.165, 1.54) is 0 Å². The molecule has 0 aliphatic heterocycles. The van der Waals surface area contributed by atoms with Gasteiger partial charge in [0.15, 0.2) is 0 Å². The third-order valence-electron chi connectivity index (χ3n) is 2.84. The van der Waals surface area contributed by atoms with Crippen molar-refractivity contribution in [2.75, 3.05) is 18.5 Å². The number of benzene rings is 1. The number of hydrogen-bond acceptors (Lipinski definition) is 4. The standard InChI is InChI=1S/C15H21N3O/c1-4-16-15-17-13-8-6-5-7-12(13)14(18-15)19-10-9-11(2)3/h5-8,11H,4,9-10H2,1-3H3,(H,16,17,18). The lowest BCUT2D eigenvalue weighted by atomic mass is 10.1. The van der Waals surface area contributed by atoms with Crippen molar-refractivity contribution >= 4 is 16.9 Å². The Labute approximate surface area is 114 Å². The molecule has 0 bridgehead atoms. The molecule has 0 aliphatic rings. The lowest BCUT2D eigenvalue weighted by molar-refractivity contribution is 0.283. The molecule has 0 atom stereocenters. The van der Waals surface area contributed by atoms with Gasteiger partial charge in [-0.25, -0.2) is 4.98 Å². The van der Waals surface area contributed by atoms with Crippen LogP contribution in [-0.4, -0.2) is 23.1 Å². The zero-order chi connectivity index (χ0) is 13.7. The summed E-state index contributed by atoms with van der Waals surface area (Å²) in [7, 11) is 0. The average molecular weight is 259 g/mol. The summed E-state index contributed by atoms with van der Waals surface area (Å²) < 4.78 is 5.83. The van der Waals surface area contributed by atoms with Crippen molar-refractivity contribution < 1.29 is 4.74 Å². The molecule has 1 aromatic heterocycles. The predicted molar refractivity (Wildman–Crippen MR) is 78.7 cm³/mol. The van der Waals surface area contributed by atoms with Crippen LogP contribution in [0.4, 0.5) is 5.95 Å². The number of anilines is 1. The molecule has 0 spiro atoms. The molecule has 0 fully saturated rings. The Bertz CT molecular complexity index is 540. The highest BCUT2D eigenvalue weighted by Gasteiger charge is 2.08. The molecule has 0 saturated carbocycles. The second-order valence-electron chi connectivity index (χ2n) is 4.93. The first-order chi connectivity index (χ1) is 9.20. The Morgan fingerprint density at radius 3 is 2.74 bits per heavy atom. The molecule has 0 aliphatic carbocycles. The minimum absolute atomic E-state index is 0.626. The number of hydrogen-bond donors (Lipinski definition) is 1. The maximum Gasteiger partial charge on any atom is 0.226 e. The summed E-state index contributed by atoms with van der Waals surface area (Å²) in [5.41, 5.74) is 0.910. The van der Waals surface area contributed by atoms with Gasteiger partial charge in [-0.3, -0.25) is 0 Å². The molecule has 102 valence electrons. The van der Waals surface area contributed by atoms with Crippen LogP contribution in [0.1, 0.15) is 27.2 Å². The summed E-state index contributed by atoms with van der Waals surface area (Å²) in [5, 5.41) is 4.10. The van der Waals surface area contributed by atoms with Crippen molar-refractivity contribution in [1.82, 2.24) is 9.97 Å². The van der Waals surface area contributed by atoms with Crippen molar-refractivity contribution in [3.8, 4) is 5.88 Å². The molecule has 19 heavy (non-hydrogen) atoms. The minimum atomic E-state index is 0.626. The highest BCUT2D eigenvalue weighted by atomic mass is 16.5. The summed E-state index contributed by atoms with van der Waals surface area (Å²) in [4.78, 5) is 8.91. The molecule has 0 radical (unpaired) electrons. The highest BCUT2D eigenvalue weighted by molar-refractivity contribution is 5.84. The Hall–Kier alpha value is -1.84. The van der Waals surface area contributed by atoms with Gasteiger partial charge in [0.2, 0.25) is 11.8 Å². The zero-order valence-electron chi connectivity index (χ0n) is 11.8. The van der Waals surface area contributed by atoms with Gasteiger partial charge < -0.3 is 10.1 Å². The van der Waals surface area contributed by atoms with Gasteiger partial charge in [-0.1, -0.05) is 26.0 Å². The average Bonchev–Trinajstić information content (AvgIpc) is 2.38. The van der Waals surface area contributed by atoms with E-state index in [1.807, 2.05) is 31.2 Å². The van der Waals surface area contributed by atoms with E-state index < -0.39 is 0 Å². The van der Waals surface area contributed by atoms with E-state index in [2.05, 4.69) is 29.1 Å². The molecule has 1 aromatic carbocycles. The van der Waals surface area contributed by atoms with Crippen molar-refractivity contribution in [1.29, 1.82) is 0 Å². The van der Waals surface area contributed by atoms with Crippen molar-refractivity contribution in [3.63, 3.8) is 0 Å².